The fraction of sp³-hybridized carbons (Fsp3) is 0.917. The number of carbonyl (C=O) groups is 1. The molecule has 1 N–H and O–H groups in total. The molecule has 0 aromatic heterocycles. The van der Waals surface area contributed by atoms with Crippen LogP contribution in [0.2, 0.25) is 0 Å². The average Bonchev–Trinajstić information content (AvgIpc) is 2.15. The van der Waals surface area contributed by atoms with E-state index in [9.17, 15) is 4.79 Å². The van der Waals surface area contributed by atoms with Crippen molar-refractivity contribution in [3.63, 3.8) is 0 Å². The van der Waals surface area contributed by atoms with Crippen molar-refractivity contribution in [1.29, 1.82) is 0 Å². The van der Waals surface area contributed by atoms with E-state index in [4.69, 9.17) is 4.74 Å². The molecule has 0 aliphatic heterocycles. The average molecular weight is 230 g/mol. The van der Waals surface area contributed by atoms with E-state index in [1.54, 1.807) is 0 Å². The second kappa shape index (κ2) is 6.86. The van der Waals surface area contributed by atoms with E-state index in [1.165, 1.54) is 0 Å². The molecule has 0 radical (unpaired) electrons. The number of likely N-dealkylation sites (N-methyl/N-ethyl adjacent to an activating group) is 1. The molecule has 0 aliphatic carbocycles. The fourth-order valence-corrected chi connectivity index (χ4v) is 1.12. The Balaban J connectivity index is 3.89. The predicted octanol–water partition coefficient (Wildman–Crippen LogP) is 1.26. The van der Waals surface area contributed by atoms with Crippen LogP contribution >= 0.6 is 0 Å². The van der Waals surface area contributed by atoms with E-state index in [2.05, 4.69) is 38.2 Å². The Labute approximate surface area is 99.3 Å². The van der Waals surface area contributed by atoms with Gasteiger partial charge in [0.25, 0.3) is 0 Å². The Kier molecular flexibility index (Phi) is 6.60. The maximum absolute atomic E-state index is 11.2. The van der Waals surface area contributed by atoms with Gasteiger partial charge in [-0.25, -0.2) is 0 Å². The van der Waals surface area contributed by atoms with Gasteiger partial charge in [0, 0.05) is 18.1 Å². The molecule has 1 unspecified atom stereocenters. The lowest BCUT2D eigenvalue weighted by atomic mass is 10.0. The highest BCUT2D eigenvalue weighted by Gasteiger charge is 2.21. The van der Waals surface area contributed by atoms with Crippen molar-refractivity contribution in [3.05, 3.63) is 0 Å². The maximum atomic E-state index is 11.2. The number of carbonyl (C=O) groups excluding carboxylic acids is 1. The zero-order chi connectivity index (χ0) is 12.8. The monoisotopic (exact) mass is 230 g/mol. The largest absolute Gasteiger partial charge is 0.466 e. The molecule has 4 nitrogen and oxygen atoms in total. The topological polar surface area (TPSA) is 41.6 Å². The molecule has 0 fully saturated rings. The Hall–Kier alpha value is -0.610. The molecule has 0 rings (SSSR count). The van der Waals surface area contributed by atoms with Gasteiger partial charge in [0.1, 0.15) is 0 Å². The number of rotatable bonds is 7. The minimum absolute atomic E-state index is 0.0862. The Morgan fingerprint density at radius 2 is 2.00 bits per heavy atom. The Morgan fingerprint density at radius 3 is 2.44 bits per heavy atom. The second-order valence-electron chi connectivity index (χ2n) is 5.00. The highest BCUT2D eigenvalue weighted by molar-refractivity contribution is 5.69. The SMILES string of the molecule is CCOC(=O)CC(C)NCC(C)(C)N(C)C. The second-order valence-corrected chi connectivity index (χ2v) is 5.00. The van der Waals surface area contributed by atoms with Crippen molar-refractivity contribution in [2.45, 2.75) is 45.7 Å². The van der Waals surface area contributed by atoms with Crippen molar-refractivity contribution in [3.8, 4) is 0 Å². The van der Waals surface area contributed by atoms with Gasteiger partial charge in [-0.1, -0.05) is 0 Å². The van der Waals surface area contributed by atoms with Gasteiger partial charge in [-0.3, -0.25) is 4.79 Å². The van der Waals surface area contributed by atoms with Gasteiger partial charge in [-0.05, 0) is 41.8 Å². The number of nitrogens with zero attached hydrogens (tertiary/aromatic N) is 1. The van der Waals surface area contributed by atoms with Gasteiger partial charge in [0.05, 0.1) is 13.0 Å². The number of hydrogen-bond acceptors (Lipinski definition) is 4. The van der Waals surface area contributed by atoms with Crippen LogP contribution in [0.3, 0.4) is 0 Å². The van der Waals surface area contributed by atoms with Gasteiger partial charge in [0.15, 0.2) is 0 Å². The first-order chi connectivity index (χ1) is 7.29. The van der Waals surface area contributed by atoms with Crippen molar-refractivity contribution in [2.24, 2.45) is 0 Å². The van der Waals surface area contributed by atoms with Gasteiger partial charge in [-0.2, -0.15) is 0 Å². The molecule has 0 saturated carbocycles. The molecule has 0 aliphatic rings. The summed E-state index contributed by atoms with van der Waals surface area (Å²) in [7, 11) is 4.11. The summed E-state index contributed by atoms with van der Waals surface area (Å²) in [6, 6.07) is 0.151. The molecule has 4 heteroatoms. The summed E-state index contributed by atoms with van der Waals surface area (Å²) in [6.07, 6.45) is 0.428. The first kappa shape index (κ1) is 15.4. The lowest BCUT2D eigenvalue weighted by Gasteiger charge is -2.33. The fourth-order valence-electron chi connectivity index (χ4n) is 1.12. The van der Waals surface area contributed by atoms with Crippen molar-refractivity contribution in [1.82, 2.24) is 10.2 Å². The summed E-state index contributed by atoms with van der Waals surface area (Å²) < 4.78 is 4.90. The van der Waals surface area contributed by atoms with Crippen LogP contribution in [-0.4, -0.2) is 49.7 Å². The molecular formula is C12H26N2O2. The van der Waals surface area contributed by atoms with Gasteiger partial charge < -0.3 is 15.0 Å². The van der Waals surface area contributed by atoms with Crippen LogP contribution in [0.5, 0.6) is 0 Å². The summed E-state index contributed by atoms with van der Waals surface area (Å²) in [4.78, 5) is 13.4. The molecule has 0 bridgehead atoms. The van der Waals surface area contributed by atoms with E-state index in [0.717, 1.165) is 6.54 Å². The first-order valence-corrected chi connectivity index (χ1v) is 5.86. The molecule has 0 spiro atoms. The van der Waals surface area contributed by atoms with Crippen molar-refractivity contribution < 1.29 is 9.53 Å². The Morgan fingerprint density at radius 1 is 1.44 bits per heavy atom. The molecule has 1 atom stereocenters. The van der Waals surface area contributed by atoms with Gasteiger partial charge in [-0.15, -0.1) is 0 Å². The quantitative estimate of drug-likeness (QED) is 0.669. The number of hydrogen-bond donors (Lipinski definition) is 1. The molecule has 96 valence electrons. The van der Waals surface area contributed by atoms with Crippen LogP contribution in [0.4, 0.5) is 0 Å². The molecule has 0 heterocycles. The van der Waals surface area contributed by atoms with E-state index in [-0.39, 0.29) is 17.6 Å². The first-order valence-electron chi connectivity index (χ1n) is 5.86. The molecule has 0 aromatic rings. The van der Waals surface area contributed by atoms with Crippen LogP contribution in [0, 0.1) is 0 Å². The summed E-state index contributed by atoms with van der Waals surface area (Å²) in [5.41, 5.74) is 0.0862. The third-order valence-electron chi connectivity index (χ3n) is 2.87. The minimum atomic E-state index is -0.134. The molecule has 0 saturated heterocycles. The van der Waals surface area contributed by atoms with Crippen LogP contribution in [0.25, 0.3) is 0 Å². The minimum Gasteiger partial charge on any atom is -0.466 e. The molecule has 16 heavy (non-hydrogen) atoms. The zero-order valence-corrected chi connectivity index (χ0v) is 11.5. The van der Waals surface area contributed by atoms with Gasteiger partial charge >= 0.3 is 5.97 Å². The summed E-state index contributed by atoms with van der Waals surface area (Å²) in [5, 5.41) is 3.35. The standard InChI is InChI=1S/C12H26N2O2/c1-7-16-11(15)8-10(2)13-9-12(3,4)14(5)6/h10,13H,7-9H2,1-6H3. The summed E-state index contributed by atoms with van der Waals surface area (Å²) >= 11 is 0. The summed E-state index contributed by atoms with van der Waals surface area (Å²) in [5.74, 6) is -0.134. The normalized spacial score (nSPS) is 13.9. The molecule has 0 aromatic carbocycles. The third kappa shape index (κ3) is 6.08. The van der Waals surface area contributed by atoms with Crippen LogP contribution in [0.1, 0.15) is 34.1 Å². The predicted molar refractivity (Wildman–Crippen MR) is 66.5 cm³/mol. The van der Waals surface area contributed by atoms with E-state index in [1.807, 2.05) is 13.8 Å². The summed E-state index contributed by atoms with van der Waals surface area (Å²) in [6.45, 7) is 9.46. The van der Waals surface area contributed by atoms with E-state index < -0.39 is 0 Å². The third-order valence-corrected chi connectivity index (χ3v) is 2.87. The van der Waals surface area contributed by atoms with Crippen LogP contribution < -0.4 is 5.32 Å². The highest BCUT2D eigenvalue weighted by Crippen LogP contribution is 2.08. The zero-order valence-electron chi connectivity index (χ0n) is 11.5. The van der Waals surface area contributed by atoms with Crippen LogP contribution in [0.15, 0.2) is 0 Å². The number of nitrogens with one attached hydrogen (secondary N) is 1. The number of ether oxygens (including phenoxy) is 1. The van der Waals surface area contributed by atoms with Gasteiger partial charge in [0.2, 0.25) is 0 Å². The maximum Gasteiger partial charge on any atom is 0.307 e. The smallest absolute Gasteiger partial charge is 0.307 e. The Bertz CT molecular complexity index is 215. The number of esters is 1. The highest BCUT2D eigenvalue weighted by atomic mass is 16.5. The van der Waals surface area contributed by atoms with Crippen LogP contribution in [-0.2, 0) is 9.53 Å². The van der Waals surface area contributed by atoms with Crippen molar-refractivity contribution >= 4 is 5.97 Å². The van der Waals surface area contributed by atoms with E-state index in [0.29, 0.717) is 13.0 Å². The molecule has 0 amide bonds. The molecular weight excluding hydrogens is 204 g/mol. The lowest BCUT2D eigenvalue weighted by Crippen LogP contribution is -2.49. The van der Waals surface area contributed by atoms with E-state index >= 15 is 0 Å². The van der Waals surface area contributed by atoms with Crippen molar-refractivity contribution in [2.75, 3.05) is 27.2 Å². The lowest BCUT2D eigenvalue weighted by molar-refractivity contribution is -0.143.